The second kappa shape index (κ2) is 5.78. The smallest absolute Gasteiger partial charge is 0.335 e. The number of nitrogens with one attached hydrogen (secondary N) is 1. The minimum Gasteiger partial charge on any atom is -0.478 e. The van der Waals surface area contributed by atoms with Crippen molar-refractivity contribution in [1.29, 1.82) is 0 Å². The lowest BCUT2D eigenvalue weighted by Crippen LogP contribution is -2.13. The summed E-state index contributed by atoms with van der Waals surface area (Å²) in [6, 6.07) is 5.73. The highest BCUT2D eigenvalue weighted by molar-refractivity contribution is 9.10. The normalized spacial score (nSPS) is 11.4. The number of carboxylic acids is 1. The Morgan fingerprint density at radius 3 is 2.43 bits per heavy atom. The quantitative estimate of drug-likeness (QED) is 0.835. The van der Waals surface area contributed by atoms with Gasteiger partial charge in [-0.2, -0.15) is 0 Å². The maximum absolute atomic E-state index is 12.4. The molecular weight excluding hydrogens is 378 g/mol. The number of carbonyl (C=O) groups is 1. The Morgan fingerprint density at radius 2 is 1.95 bits per heavy atom. The Bertz CT molecular complexity index is 812. The van der Waals surface area contributed by atoms with Crippen molar-refractivity contribution in [1.82, 2.24) is 0 Å². The van der Waals surface area contributed by atoms with Gasteiger partial charge in [0.25, 0.3) is 10.0 Å². The zero-order chi connectivity index (χ0) is 15.8. The van der Waals surface area contributed by atoms with Gasteiger partial charge < -0.3 is 5.11 Å². The van der Waals surface area contributed by atoms with Crippen molar-refractivity contribution in [2.75, 3.05) is 4.72 Å². The van der Waals surface area contributed by atoms with Gasteiger partial charge in [0.2, 0.25) is 0 Å². The van der Waals surface area contributed by atoms with Crippen LogP contribution < -0.4 is 4.72 Å². The Morgan fingerprint density at radius 1 is 1.29 bits per heavy atom. The third kappa shape index (κ3) is 3.45. The molecule has 1 aromatic carbocycles. The summed E-state index contributed by atoms with van der Waals surface area (Å²) in [5.74, 6) is -1.07. The summed E-state index contributed by atoms with van der Waals surface area (Å²) in [5.41, 5.74) is 0.371. The van der Waals surface area contributed by atoms with Crippen molar-refractivity contribution in [3.63, 3.8) is 0 Å². The van der Waals surface area contributed by atoms with Crippen molar-refractivity contribution in [2.45, 2.75) is 18.7 Å². The molecule has 0 atom stereocenters. The molecule has 0 aliphatic carbocycles. The van der Waals surface area contributed by atoms with Crippen LogP contribution in [0.3, 0.4) is 0 Å². The minimum atomic E-state index is -3.70. The van der Waals surface area contributed by atoms with Crippen LogP contribution in [0, 0.1) is 13.8 Å². The first-order valence-electron chi connectivity index (χ1n) is 5.83. The number of anilines is 1. The van der Waals surface area contributed by atoms with Gasteiger partial charge in [0.1, 0.15) is 4.90 Å². The largest absolute Gasteiger partial charge is 0.478 e. The van der Waals surface area contributed by atoms with Gasteiger partial charge in [-0.1, -0.05) is 0 Å². The van der Waals surface area contributed by atoms with Gasteiger partial charge in [0, 0.05) is 14.2 Å². The number of carboxylic acid groups (broad SMARTS) is 1. The monoisotopic (exact) mass is 389 g/mol. The SMILES string of the molecule is Cc1cc(S(=O)(=O)Nc2ccc(C(=O)O)cc2Br)c(C)s1. The first kappa shape index (κ1) is 16.0. The molecule has 0 amide bonds. The van der Waals surface area contributed by atoms with Crippen LogP contribution in [0.1, 0.15) is 20.1 Å². The molecule has 0 fully saturated rings. The van der Waals surface area contributed by atoms with Crippen LogP contribution in [0.15, 0.2) is 33.6 Å². The fraction of sp³-hybridized carbons (Fsp3) is 0.154. The molecule has 1 heterocycles. The lowest BCUT2D eigenvalue weighted by atomic mass is 10.2. The Labute approximate surface area is 134 Å². The van der Waals surface area contributed by atoms with Crippen LogP contribution in [0.25, 0.3) is 0 Å². The molecule has 0 unspecified atom stereocenters. The van der Waals surface area contributed by atoms with E-state index in [4.69, 9.17) is 5.11 Å². The number of hydrogen-bond donors (Lipinski definition) is 2. The second-order valence-corrected chi connectivity index (χ2v) is 8.35. The van der Waals surface area contributed by atoms with Gasteiger partial charge in [-0.15, -0.1) is 11.3 Å². The molecule has 112 valence electrons. The third-order valence-corrected chi connectivity index (χ3v) is 5.99. The second-order valence-electron chi connectivity index (χ2n) is 4.38. The molecule has 0 radical (unpaired) electrons. The number of aryl methyl sites for hydroxylation is 2. The molecule has 0 spiro atoms. The zero-order valence-electron chi connectivity index (χ0n) is 11.2. The van der Waals surface area contributed by atoms with Gasteiger partial charge in [0.15, 0.2) is 0 Å². The van der Waals surface area contributed by atoms with E-state index in [0.29, 0.717) is 15.0 Å². The maximum Gasteiger partial charge on any atom is 0.335 e. The van der Waals surface area contributed by atoms with Gasteiger partial charge >= 0.3 is 5.97 Å². The van der Waals surface area contributed by atoms with Crippen LogP contribution in [0.2, 0.25) is 0 Å². The maximum atomic E-state index is 12.4. The van der Waals surface area contributed by atoms with Crippen LogP contribution >= 0.6 is 27.3 Å². The molecular formula is C13H12BrNO4S2. The number of thiophene rings is 1. The van der Waals surface area contributed by atoms with Crippen LogP contribution in [-0.2, 0) is 10.0 Å². The molecule has 2 rings (SSSR count). The summed E-state index contributed by atoms with van der Waals surface area (Å²) < 4.78 is 27.6. The Kier molecular flexibility index (Phi) is 4.40. The number of aromatic carboxylic acids is 1. The fourth-order valence-electron chi connectivity index (χ4n) is 1.80. The van der Waals surface area contributed by atoms with E-state index in [2.05, 4.69) is 20.7 Å². The summed E-state index contributed by atoms with van der Waals surface area (Å²) >= 11 is 4.59. The van der Waals surface area contributed by atoms with Crippen molar-refractivity contribution < 1.29 is 18.3 Å². The average Bonchev–Trinajstić information content (AvgIpc) is 2.71. The van der Waals surface area contributed by atoms with Crippen LogP contribution in [-0.4, -0.2) is 19.5 Å². The van der Waals surface area contributed by atoms with Gasteiger partial charge in [0.05, 0.1) is 11.3 Å². The molecule has 0 aliphatic rings. The van der Waals surface area contributed by atoms with Crippen LogP contribution in [0.5, 0.6) is 0 Å². The lowest BCUT2D eigenvalue weighted by molar-refractivity contribution is 0.0697. The first-order chi connectivity index (χ1) is 9.70. The highest BCUT2D eigenvalue weighted by atomic mass is 79.9. The lowest BCUT2D eigenvalue weighted by Gasteiger charge is -2.10. The molecule has 0 saturated heterocycles. The molecule has 2 N–H and O–H groups in total. The predicted molar refractivity (Wildman–Crippen MR) is 85.7 cm³/mol. The number of benzene rings is 1. The summed E-state index contributed by atoms with van der Waals surface area (Å²) in [7, 11) is -3.70. The standard InChI is InChI=1S/C13H12BrNO4S2/c1-7-5-12(8(2)20-7)21(18,19)15-11-4-3-9(13(16)17)6-10(11)14/h3-6,15H,1-2H3,(H,16,17). The van der Waals surface area contributed by atoms with E-state index in [0.717, 1.165) is 4.88 Å². The van der Waals surface area contributed by atoms with Gasteiger partial charge in [-0.25, -0.2) is 13.2 Å². The van der Waals surface area contributed by atoms with E-state index in [-0.39, 0.29) is 10.5 Å². The van der Waals surface area contributed by atoms with Crippen molar-refractivity contribution in [3.8, 4) is 0 Å². The molecule has 0 bridgehead atoms. The molecule has 1 aromatic heterocycles. The van der Waals surface area contributed by atoms with E-state index in [9.17, 15) is 13.2 Å². The molecule has 2 aromatic rings. The van der Waals surface area contributed by atoms with E-state index in [1.54, 1.807) is 13.0 Å². The minimum absolute atomic E-state index is 0.0763. The summed E-state index contributed by atoms with van der Waals surface area (Å²) in [4.78, 5) is 12.7. The molecule has 8 heteroatoms. The number of hydrogen-bond acceptors (Lipinski definition) is 4. The summed E-state index contributed by atoms with van der Waals surface area (Å²) in [5, 5.41) is 8.89. The zero-order valence-corrected chi connectivity index (χ0v) is 14.4. The number of sulfonamides is 1. The molecule has 21 heavy (non-hydrogen) atoms. The molecule has 5 nitrogen and oxygen atoms in total. The summed E-state index contributed by atoms with van der Waals surface area (Å²) in [6.07, 6.45) is 0. The van der Waals surface area contributed by atoms with E-state index < -0.39 is 16.0 Å². The number of halogens is 1. The van der Waals surface area contributed by atoms with E-state index in [1.165, 1.54) is 29.5 Å². The van der Waals surface area contributed by atoms with Crippen molar-refractivity contribution >= 4 is 48.9 Å². The number of rotatable bonds is 4. The third-order valence-electron chi connectivity index (χ3n) is 2.75. The Balaban J connectivity index is 2.37. The van der Waals surface area contributed by atoms with Crippen molar-refractivity contribution in [3.05, 3.63) is 44.1 Å². The van der Waals surface area contributed by atoms with E-state index >= 15 is 0 Å². The summed E-state index contributed by atoms with van der Waals surface area (Å²) in [6.45, 7) is 3.59. The average molecular weight is 390 g/mol. The molecule has 0 aliphatic heterocycles. The van der Waals surface area contributed by atoms with E-state index in [1.807, 2.05) is 6.92 Å². The fourth-order valence-corrected chi connectivity index (χ4v) is 5.05. The highest BCUT2D eigenvalue weighted by Gasteiger charge is 2.20. The highest BCUT2D eigenvalue weighted by Crippen LogP contribution is 2.30. The molecule has 0 saturated carbocycles. The van der Waals surface area contributed by atoms with Crippen LogP contribution in [0.4, 0.5) is 5.69 Å². The van der Waals surface area contributed by atoms with Gasteiger partial charge in [-0.3, -0.25) is 4.72 Å². The first-order valence-corrected chi connectivity index (χ1v) is 8.92. The predicted octanol–water partition coefficient (Wildman–Crippen LogP) is 3.63. The topological polar surface area (TPSA) is 83.5 Å². The van der Waals surface area contributed by atoms with Crippen molar-refractivity contribution in [2.24, 2.45) is 0 Å². The van der Waals surface area contributed by atoms with Gasteiger partial charge in [-0.05, 0) is 54.0 Å². The Hall–Kier alpha value is -1.38.